The van der Waals surface area contributed by atoms with Crippen molar-refractivity contribution < 1.29 is 4.79 Å². The quantitative estimate of drug-likeness (QED) is 0.528. The summed E-state index contributed by atoms with van der Waals surface area (Å²) < 4.78 is 0. The van der Waals surface area contributed by atoms with Gasteiger partial charge >= 0.3 is 0 Å². The standard InChI is InChI=1S/C12H13NO/c1-9(13-8-14)10-2-4-11(5-3-10)12-6-7-12/h2-5,9,12H,6-7H2,1H3/t9-/m0/s1. The van der Waals surface area contributed by atoms with Gasteiger partial charge in [0, 0.05) is 0 Å². The van der Waals surface area contributed by atoms with E-state index in [4.69, 9.17) is 0 Å². The number of rotatable bonds is 3. The number of hydrogen-bond donors (Lipinski definition) is 0. The molecule has 0 aromatic heterocycles. The summed E-state index contributed by atoms with van der Waals surface area (Å²) in [6.45, 7) is 1.90. The zero-order chi connectivity index (χ0) is 9.97. The molecule has 1 aromatic carbocycles. The third-order valence-corrected chi connectivity index (χ3v) is 2.71. The SMILES string of the molecule is C[C@H](N=C=O)c1ccc(C2CC2)cc1. The highest BCUT2D eigenvalue weighted by Crippen LogP contribution is 2.40. The van der Waals surface area contributed by atoms with Gasteiger partial charge in [-0.05, 0) is 36.8 Å². The lowest BCUT2D eigenvalue weighted by Crippen LogP contribution is -1.89. The Kier molecular flexibility index (Phi) is 2.47. The van der Waals surface area contributed by atoms with Crippen molar-refractivity contribution in [3.05, 3.63) is 35.4 Å². The number of carbonyl (C=O) groups excluding carboxylic acids is 1. The molecule has 0 bridgehead atoms. The molecule has 1 atom stereocenters. The minimum atomic E-state index is -0.0687. The van der Waals surface area contributed by atoms with Crippen molar-refractivity contribution >= 4 is 6.08 Å². The van der Waals surface area contributed by atoms with Crippen molar-refractivity contribution in [2.75, 3.05) is 0 Å². The molecule has 0 radical (unpaired) electrons. The van der Waals surface area contributed by atoms with E-state index in [9.17, 15) is 4.79 Å². The second-order valence-corrected chi connectivity index (χ2v) is 3.84. The first-order valence-corrected chi connectivity index (χ1v) is 4.98. The van der Waals surface area contributed by atoms with E-state index in [0.717, 1.165) is 11.5 Å². The highest BCUT2D eigenvalue weighted by atomic mass is 16.1. The molecule has 2 nitrogen and oxygen atoms in total. The van der Waals surface area contributed by atoms with Gasteiger partial charge in [-0.15, -0.1) is 0 Å². The Labute approximate surface area is 83.7 Å². The molecule has 1 aliphatic carbocycles. The summed E-state index contributed by atoms with van der Waals surface area (Å²) in [6, 6.07) is 8.33. The Morgan fingerprint density at radius 2 is 2.00 bits per heavy atom. The molecule has 1 aromatic rings. The number of hydrogen-bond acceptors (Lipinski definition) is 2. The Bertz CT molecular complexity index is 358. The third-order valence-electron chi connectivity index (χ3n) is 2.71. The predicted octanol–water partition coefficient (Wildman–Crippen LogP) is 2.96. The first-order valence-electron chi connectivity index (χ1n) is 4.98. The summed E-state index contributed by atoms with van der Waals surface area (Å²) in [4.78, 5) is 13.8. The van der Waals surface area contributed by atoms with E-state index in [1.165, 1.54) is 18.4 Å². The molecule has 1 aliphatic rings. The van der Waals surface area contributed by atoms with Gasteiger partial charge in [0.1, 0.15) is 0 Å². The predicted molar refractivity (Wildman–Crippen MR) is 55.0 cm³/mol. The fourth-order valence-corrected chi connectivity index (χ4v) is 1.62. The van der Waals surface area contributed by atoms with E-state index >= 15 is 0 Å². The smallest absolute Gasteiger partial charge is 0.211 e. The highest BCUT2D eigenvalue weighted by molar-refractivity contribution is 5.36. The van der Waals surface area contributed by atoms with E-state index in [0.29, 0.717) is 0 Å². The number of benzene rings is 1. The topological polar surface area (TPSA) is 29.4 Å². The maximum atomic E-state index is 10.1. The van der Waals surface area contributed by atoms with E-state index in [1.807, 2.05) is 6.92 Å². The van der Waals surface area contributed by atoms with Gasteiger partial charge in [-0.2, -0.15) is 4.99 Å². The zero-order valence-corrected chi connectivity index (χ0v) is 8.23. The number of isocyanates is 1. The fraction of sp³-hybridized carbons (Fsp3) is 0.417. The average Bonchev–Trinajstić information content (AvgIpc) is 3.02. The van der Waals surface area contributed by atoms with Gasteiger partial charge in [0.2, 0.25) is 6.08 Å². The van der Waals surface area contributed by atoms with Crippen molar-refractivity contribution in [3.63, 3.8) is 0 Å². The third kappa shape index (κ3) is 1.91. The van der Waals surface area contributed by atoms with Crippen LogP contribution in [0, 0.1) is 0 Å². The van der Waals surface area contributed by atoms with Crippen molar-refractivity contribution in [2.45, 2.75) is 31.7 Å². The molecule has 2 rings (SSSR count). The van der Waals surface area contributed by atoms with Crippen LogP contribution in [0.4, 0.5) is 0 Å². The lowest BCUT2D eigenvalue weighted by atomic mass is 10.0. The minimum Gasteiger partial charge on any atom is -0.211 e. The Balaban J connectivity index is 2.15. The van der Waals surface area contributed by atoms with E-state index in [-0.39, 0.29) is 6.04 Å². The molecule has 0 unspecified atom stereocenters. The lowest BCUT2D eigenvalue weighted by molar-refractivity contribution is 0.559. The molecule has 0 spiro atoms. The average molecular weight is 187 g/mol. The van der Waals surface area contributed by atoms with Crippen molar-refractivity contribution in [1.29, 1.82) is 0 Å². The summed E-state index contributed by atoms with van der Waals surface area (Å²) in [5, 5.41) is 0. The van der Waals surface area contributed by atoms with Gasteiger partial charge in [0.15, 0.2) is 0 Å². The molecule has 72 valence electrons. The molecular weight excluding hydrogens is 174 g/mol. The maximum Gasteiger partial charge on any atom is 0.235 e. The summed E-state index contributed by atoms with van der Waals surface area (Å²) in [5.41, 5.74) is 2.49. The van der Waals surface area contributed by atoms with Crippen LogP contribution in [0.3, 0.4) is 0 Å². The summed E-state index contributed by atoms with van der Waals surface area (Å²) >= 11 is 0. The van der Waals surface area contributed by atoms with Gasteiger partial charge in [-0.25, -0.2) is 4.79 Å². The Hall–Kier alpha value is -1.40. The monoisotopic (exact) mass is 187 g/mol. The van der Waals surface area contributed by atoms with Crippen LogP contribution in [0.5, 0.6) is 0 Å². The van der Waals surface area contributed by atoms with Crippen LogP contribution in [0.1, 0.15) is 42.9 Å². The molecule has 1 saturated carbocycles. The molecule has 0 aliphatic heterocycles. The highest BCUT2D eigenvalue weighted by Gasteiger charge is 2.23. The van der Waals surface area contributed by atoms with Crippen LogP contribution >= 0.6 is 0 Å². The molecule has 1 fully saturated rings. The van der Waals surface area contributed by atoms with Gasteiger partial charge < -0.3 is 0 Å². The normalized spacial score (nSPS) is 17.2. The minimum absolute atomic E-state index is 0.0687. The van der Waals surface area contributed by atoms with Crippen LogP contribution in [0.15, 0.2) is 29.3 Å². The number of aliphatic imine (C=N–C) groups is 1. The molecule has 14 heavy (non-hydrogen) atoms. The first-order chi connectivity index (χ1) is 6.81. The van der Waals surface area contributed by atoms with Crippen molar-refractivity contribution in [2.24, 2.45) is 4.99 Å². The Morgan fingerprint density at radius 3 is 2.50 bits per heavy atom. The van der Waals surface area contributed by atoms with Gasteiger partial charge in [0.25, 0.3) is 0 Å². The second kappa shape index (κ2) is 3.77. The van der Waals surface area contributed by atoms with Crippen LogP contribution in [0.25, 0.3) is 0 Å². The van der Waals surface area contributed by atoms with Crippen LogP contribution in [-0.4, -0.2) is 6.08 Å². The van der Waals surface area contributed by atoms with Crippen molar-refractivity contribution in [1.82, 2.24) is 0 Å². The fourth-order valence-electron chi connectivity index (χ4n) is 1.62. The molecule has 0 N–H and O–H groups in total. The van der Waals surface area contributed by atoms with Gasteiger partial charge in [-0.3, -0.25) is 0 Å². The van der Waals surface area contributed by atoms with E-state index < -0.39 is 0 Å². The first kappa shape index (κ1) is 9.17. The Morgan fingerprint density at radius 1 is 1.36 bits per heavy atom. The van der Waals surface area contributed by atoms with Crippen LogP contribution in [-0.2, 0) is 4.79 Å². The van der Waals surface area contributed by atoms with Crippen LogP contribution in [0.2, 0.25) is 0 Å². The van der Waals surface area contributed by atoms with Gasteiger partial charge in [0.05, 0.1) is 6.04 Å². The summed E-state index contributed by atoms with van der Waals surface area (Å²) in [6.07, 6.45) is 4.23. The maximum absolute atomic E-state index is 10.1. The molecule has 0 amide bonds. The number of nitrogens with zero attached hydrogens (tertiary/aromatic N) is 1. The molecule has 0 saturated heterocycles. The van der Waals surface area contributed by atoms with Crippen LogP contribution < -0.4 is 0 Å². The lowest BCUT2D eigenvalue weighted by Gasteiger charge is -2.05. The zero-order valence-electron chi connectivity index (χ0n) is 8.23. The summed E-state index contributed by atoms with van der Waals surface area (Å²) in [7, 11) is 0. The van der Waals surface area contributed by atoms with E-state index in [2.05, 4.69) is 29.3 Å². The molecular formula is C12H13NO. The molecule has 2 heteroatoms. The van der Waals surface area contributed by atoms with Gasteiger partial charge in [-0.1, -0.05) is 24.3 Å². The largest absolute Gasteiger partial charge is 0.235 e. The molecule has 0 heterocycles. The van der Waals surface area contributed by atoms with E-state index in [1.54, 1.807) is 6.08 Å². The van der Waals surface area contributed by atoms with Crippen molar-refractivity contribution in [3.8, 4) is 0 Å². The summed E-state index contributed by atoms with van der Waals surface area (Å²) in [5.74, 6) is 0.786. The second-order valence-electron chi connectivity index (χ2n) is 3.84.